The first kappa shape index (κ1) is 24.3. The Morgan fingerprint density at radius 3 is 1.93 bits per heavy atom. The number of rotatable bonds is 3. The highest BCUT2D eigenvalue weighted by molar-refractivity contribution is 9.10. The third-order valence-corrected chi connectivity index (χ3v) is 3.97. The number of hydrogen-bond acceptors (Lipinski definition) is 7. The van der Waals surface area contributed by atoms with Gasteiger partial charge in [0.2, 0.25) is 0 Å². The van der Waals surface area contributed by atoms with Crippen LogP contribution in [0.5, 0.6) is 0 Å². The largest absolute Gasteiger partial charge is 0.444 e. The highest BCUT2D eigenvalue weighted by Crippen LogP contribution is 2.28. The van der Waals surface area contributed by atoms with Gasteiger partial charge in [0.25, 0.3) is 11.4 Å². The van der Waals surface area contributed by atoms with Crippen LogP contribution in [0.25, 0.3) is 0 Å². The van der Waals surface area contributed by atoms with E-state index in [0.29, 0.717) is 8.95 Å². The summed E-state index contributed by atoms with van der Waals surface area (Å²) in [6, 6.07) is 8.86. The average molecular weight is 534 g/mol. The van der Waals surface area contributed by atoms with Gasteiger partial charge in [0, 0.05) is 21.1 Å². The number of carbonyl (C=O) groups excluding carboxylic acids is 1. The molecule has 29 heavy (non-hydrogen) atoms. The number of nitrogens with zero attached hydrogens (tertiary/aromatic N) is 2. The van der Waals surface area contributed by atoms with Crippen molar-refractivity contribution in [3.63, 3.8) is 0 Å². The van der Waals surface area contributed by atoms with Crippen molar-refractivity contribution in [2.75, 3.05) is 11.1 Å². The molecule has 10 nitrogen and oxygen atoms in total. The van der Waals surface area contributed by atoms with Gasteiger partial charge in [-0.2, -0.15) is 0 Å². The first-order valence-electron chi connectivity index (χ1n) is 7.93. The predicted molar refractivity (Wildman–Crippen MR) is 116 cm³/mol. The third-order valence-electron chi connectivity index (χ3n) is 2.98. The summed E-state index contributed by atoms with van der Waals surface area (Å²) in [5, 5.41) is 23.5. The van der Waals surface area contributed by atoms with Crippen LogP contribution < -0.4 is 11.1 Å². The molecule has 12 heteroatoms. The summed E-state index contributed by atoms with van der Waals surface area (Å²) in [6.07, 6.45) is -0.729. The summed E-state index contributed by atoms with van der Waals surface area (Å²) >= 11 is 6.24. The van der Waals surface area contributed by atoms with Crippen molar-refractivity contribution < 1.29 is 19.4 Å². The van der Waals surface area contributed by atoms with Crippen LogP contribution in [0.2, 0.25) is 0 Å². The maximum Gasteiger partial charge on any atom is 0.412 e. The second kappa shape index (κ2) is 10.2. The van der Waals surface area contributed by atoms with E-state index < -0.39 is 21.5 Å². The minimum absolute atomic E-state index is 0.0700. The van der Waals surface area contributed by atoms with Gasteiger partial charge in [0.1, 0.15) is 17.0 Å². The molecule has 0 aliphatic carbocycles. The van der Waals surface area contributed by atoms with E-state index in [1.807, 2.05) is 0 Å². The molecule has 156 valence electrons. The van der Waals surface area contributed by atoms with Gasteiger partial charge in [-0.25, -0.2) is 4.79 Å². The number of carbonyl (C=O) groups is 1. The van der Waals surface area contributed by atoms with Crippen molar-refractivity contribution in [3.8, 4) is 0 Å². The third kappa shape index (κ3) is 8.44. The summed E-state index contributed by atoms with van der Waals surface area (Å²) < 4.78 is 6.23. The topological polar surface area (TPSA) is 151 Å². The number of amides is 1. The van der Waals surface area contributed by atoms with Crippen LogP contribution in [0.4, 0.5) is 27.5 Å². The minimum atomic E-state index is -0.729. The maximum absolute atomic E-state index is 11.5. The minimum Gasteiger partial charge on any atom is -0.444 e. The van der Waals surface area contributed by atoms with E-state index in [4.69, 9.17) is 10.5 Å². The van der Waals surface area contributed by atoms with Crippen molar-refractivity contribution >= 4 is 60.7 Å². The summed E-state index contributed by atoms with van der Waals surface area (Å²) in [6.45, 7) is 5.13. The van der Waals surface area contributed by atoms with Crippen LogP contribution in [-0.2, 0) is 4.74 Å². The fourth-order valence-electron chi connectivity index (χ4n) is 1.85. The van der Waals surface area contributed by atoms with E-state index in [2.05, 4.69) is 37.2 Å². The molecule has 0 saturated heterocycles. The number of ether oxygens (including phenoxy) is 1. The molecule has 0 aliphatic heterocycles. The van der Waals surface area contributed by atoms with E-state index in [1.54, 1.807) is 32.9 Å². The average Bonchev–Trinajstić information content (AvgIpc) is 2.57. The molecule has 0 spiro atoms. The van der Waals surface area contributed by atoms with E-state index >= 15 is 0 Å². The maximum atomic E-state index is 11.5. The molecule has 2 aromatic carbocycles. The zero-order valence-electron chi connectivity index (χ0n) is 15.6. The smallest absolute Gasteiger partial charge is 0.412 e. The van der Waals surface area contributed by atoms with Gasteiger partial charge in [0.15, 0.2) is 0 Å². The molecular weight excluding hydrogens is 516 g/mol. The zero-order valence-corrected chi connectivity index (χ0v) is 18.8. The van der Waals surface area contributed by atoms with Gasteiger partial charge < -0.3 is 10.5 Å². The van der Waals surface area contributed by atoms with Crippen molar-refractivity contribution in [2.24, 2.45) is 0 Å². The Morgan fingerprint density at radius 1 is 1.00 bits per heavy atom. The number of nitrogens with two attached hydrogens (primary N) is 1. The lowest BCUT2D eigenvalue weighted by Crippen LogP contribution is -2.27. The molecule has 0 aromatic heterocycles. The summed E-state index contributed by atoms with van der Waals surface area (Å²) in [4.78, 5) is 31.5. The Kier molecular flexibility index (Phi) is 8.52. The highest BCUT2D eigenvalue weighted by atomic mass is 79.9. The fraction of sp³-hybridized carbons (Fsp3) is 0.235. The summed E-state index contributed by atoms with van der Waals surface area (Å²) in [5.41, 5.74) is 4.67. The fourth-order valence-corrected chi connectivity index (χ4v) is 2.55. The molecular formula is C17H18Br2N4O6. The van der Waals surface area contributed by atoms with E-state index in [1.165, 1.54) is 24.3 Å². The number of nitrogens with one attached hydrogen (secondary N) is 1. The van der Waals surface area contributed by atoms with Crippen molar-refractivity contribution in [1.29, 1.82) is 0 Å². The molecule has 0 bridgehead atoms. The first-order valence-corrected chi connectivity index (χ1v) is 9.52. The lowest BCUT2D eigenvalue weighted by atomic mass is 10.2. The summed E-state index contributed by atoms with van der Waals surface area (Å²) in [5.74, 6) is 0. The van der Waals surface area contributed by atoms with Gasteiger partial charge in [-0.05, 0) is 45.0 Å². The van der Waals surface area contributed by atoms with Gasteiger partial charge in [-0.1, -0.05) is 31.9 Å². The number of halogens is 2. The number of nitro benzene ring substituents is 2. The quantitative estimate of drug-likeness (QED) is 0.294. The van der Waals surface area contributed by atoms with Gasteiger partial charge in [-0.3, -0.25) is 25.5 Å². The molecule has 2 aromatic rings. The predicted octanol–water partition coefficient (Wildman–Crippen LogP) is 5.64. The van der Waals surface area contributed by atoms with Gasteiger partial charge in [-0.15, -0.1) is 0 Å². The lowest BCUT2D eigenvalue weighted by Gasteiger charge is -2.19. The second-order valence-electron chi connectivity index (χ2n) is 6.51. The molecule has 0 aliphatic rings. The number of nitro groups is 2. The van der Waals surface area contributed by atoms with Gasteiger partial charge in [0.05, 0.1) is 9.85 Å². The van der Waals surface area contributed by atoms with E-state index in [-0.39, 0.29) is 22.7 Å². The number of nitrogen functional groups attached to an aromatic ring is 1. The van der Waals surface area contributed by atoms with Crippen LogP contribution in [0.3, 0.4) is 0 Å². The Morgan fingerprint density at radius 2 is 1.48 bits per heavy atom. The normalized spacial score (nSPS) is 10.4. The summed E-state index contributed by atoms with van der Waals surface area (Å²) in [7, 11) is 0. The first-order chi connectivity index (χ1) is 13.3. The number of anilines is 2. The SMILES string of the molecule is CC(C)(C)OC(=O)Nc1ccc(Br)cc1[N+](=O)[O-].Nc1ccc(Br)cc1[N+](=O)[O-]. The Balaban J connectivity index is 0.000000326. The molecule has 0 atom stereocenters. The standard InChI is InChI=1S/C11H13BrN2O4.C6H5BrN2O2/c1-11(2,3)18-10(15)13-8-5-4-7(12)6-9(8)14(16)17;7-4-1-2-5(8)6(3-4)9(10)11/h4-6H,1-3H3,(H,13,15);1-3H,8H2. The molecule has 0 fully saturated rings. The lowest BCUT2D eigenvalue weighted by molar-refractivity contribution is -0.384. The molecule has 2 rings (SSSR count). The second-order valence-corrected chi connectivity index (χ2v) is 8.34. The highest BCUT2D eigenvalue weighted by Gasteiger charge is 2.20. The van der Waals surface area contributed by atoms with E-state index in [0.717, 1.165) is 0 Å². The zero-order chi connectivity index (χ0) is 22.4. The van der Waals surface area contributed by atoms with Crippen LogP contribution in [-0.4, -0.2) is 21.5 Å². The van der Waals surface area contributed by atoms with Crippen LogP contribution in [0.1, 0.15) is 20.8 Å². The Labute approximate surface area is 183 Å². The molecule has 1 amide bonds. The van der Waals surface area contributed by atoms with Crippen molar-refractivity contribution in [3.05, 3.63) is 65.6 Å². The Hall–Kier alpha value is -2.73. The number of hydrogen-bond donors (Lipinski definition) is 2. The van der Waals surface area contributed by atoms with Crippen LogP contribution in [0.15, 0.2) is 45.3 Å². The monoisotopic (exact) mass is 532 g/mol. The molecule has 0 radical (unpaired) electrons. The van der Waals surface area contributed by atoms with Gasteiger partial charge >= 0.3 is 6.09 Å². The van der Waals surface area contributed by atoms with E-state index in [9.17, 15) is 25.0 Å². The molecule has 0 unspecified atom stereocenters. The Bertz CT molecular complexity index is 931. The molecule has 0 heterocycles. The molecule has 0 saturated carbocycles. The number of benzene rings is 2. The van der Waals surface area contributed by atoms with Crippen molar-refractivity contribution in [1.82, 2.24) is 0 Å². The van der Waals surface area contributed by atoms with Crippen LogP contribution >= 0.6 is 31.9 Å². The molecule has 3 N–H and O–H groups in total. The van der Waals surface area contributed by atoms with Crippen molar-refractivity contribution in [2.45, 2.75) is 26.4 Å². The van der Waals surface area contributed by atoms with Crippen LogP contribution in [0, 0.1) is 20.2 Å².